The number of carbonyl (C=O) groups excluding carboxylic acids is 12. The molecule has 0 bridgehead atoms. The summed E-state index contributed by atoms with van der Waals surface area (Å²) < 4.78 is 101. The molecule has 12 aromatic rings. The van der Waals surface area contributed by atoms with Gasteiger partial charge in [-0.1, -0.05) is 130 Å². The number of ketones is 4. The molecule has 0 unspecified atom stereocenters. The predicted molar refractivity (Wildman–Crippen MR) is 514 cm³/mol. The second-order valence-electron chi connectivity index (χ2n) is 31.7. The van der Waals surface area contributed by atoms with Gasteiger partial charge in [-0.3, -0.25) is 57.5 Å². The molecule has 2 N–H and O–H groups in total. The minimum absolute atomic E-state index is 0.0567. The van der Waals surface area contributed by atoms with Gasteiger partial charge >= 0.3 is 0 Å². The van der Waals surface area contributed by atoms with Gasteiger partial charge in [0.15, 0.2) is 62.5 Å². The van der Waals surface area contributed by atoms with Crippen LogP contribution in [0.15, 0.2) is 235 Å². The van der Waals surface area contributed by atoms with Gasteiger partial charge in [0.1, 0.15) is 39.8 Å². The third kappa shape index (κ3) is 23.8. The van der Waals surface area contributed by atoms with Crippen LogP contribution in [0, 0.1) is 13.8 Å². The second kappa shape index (κ2) is 41.1. The molecule has 0 spiro atoms. The van der Waals surface area contributed by atoms with Crippen molar-refractivity contribution in [3.63, 3.8) is 0 Å². The Kier molecular flexibility index (Phi) is 30.1. The number of nitrogens with one attached hydrogen (secondary N) is 2. The van der Waals surface area contributed by atoms with E-state index in [-0.39, 0.29) is 104 Å². The highest BCUT2D eigenvalue weighted by Crippen LogP contribution is 2.37. The molecule has 0 saturated heterocycles. The normalized spacial score (nSPS) is 14.3. The van der Waals surface area contributed by atoms with Gasteiger partial charge in [-0.25, -0.2) is 53.3 Å². The van der Waals surface area contributed by atoms with E-state index in [1.807, 2.05) is 63.2 Å². The van der Waals surface area contributed by atoms with Crippen molar-refractivity contribution in [3.05, 3.63) is 314 Å². The van der Waals surface area contributed by atoms with Crippen LogP contribution in [0.2, 0.25) is 17.3 Å². The van der Waals surface area contributed by atoms with E-state index >= 15 is 0 Å². The average molecular weight is 2020 g/mol. The van der Waals surface area contributed by atoms with E-state index in [0.717, 1.165) is 107 Å². The number of halogens is 4. The number of hydrogen-bond acceptors (Lipinski definition) is 26. The standard InChI is InChI=1S/C25H21ClN2O5S2.C24H21ClN2O5S2.2C23H18ClNO5S2/c26-22-9-10-24(34-22)35(32,33)14-20(29)11-15-1-6-19(7-2-15)28-23(30)13-16-12-18(27-17-3-4-17)5-8-21(16)25(28)31;1-2-26-17-5-8-20-16(12-17)13-22(29)27(24(20)30)18-6-3-15(4-7-18)11-19(28)14-34(31,32)23-10-9-21(25)33-23;2*1-14-2-7-19-16(10-14)12-21(27)25(23(19)28)17-5-3-15(4-6-17)11-18(26)13-32(29,30)22-9-8-20(24)31-22/h1-2,5-10,12,17,27H,3-4,11,13-14H2;3-10,12,26H,2,11,13-14H2,1H3;2*2-10H,11-13H2,1H3. The van der Waals surface area contributed by atoms with Crippen LogP contribution >= 0.6 is 91.8 Å². The molecule has 0 atom stereocenters. The fraction of sp³-hybridized carbons (Fsp3) is 0.200. The van der Waals surface area contributed by atoms with Crippen molar-refractivity contribution in [3.8, 4) is 0 Å². The van der Waals surface area contributed by atoms with Gasteiger partial charge in [0.25, 0.3) is 23.6 Å². The Bertz CT molecular complexity index is 7010. The summed E-state index contributed by atoms with van der Waals surface area (Å²) in [5, 5.41) is 6.55. The van der Waals surface area contributed by atoms with Crippen molar-refractivity contribution in [1.29, 1.82) is 0 Å². The van der Waals surface area contributed by atoms with Crippen LogP contribution in [0.25, 0.3) is 0 Å². The summed E-state index contributed by atoms with van der Waals surface area (Å²) in [5.74, 6) is -7.21. The van der Waals surface area contributed by atoms with Gasteiger partial charge in [-0.2, -0.15) is 0 Å². The minimum atomic E-state index is -3.75. The summed E-state index contributed by atoms with van der Waals surface area (Å²) in [6.07, 6.45) is 2.41. The maximum Gasteiger partial charge on any atom is 0.265 e. The van der Waals surface area contributed by atoms with Gasteiger partial charge < -0.3 is 10.6 Å². The molecule has 1 aliphatic carbocycles. The molecule has 17 rings (SSSR count). The lowest BCUT2D eigenvalue weighted by Gasteiger charge is -2.27. The van der Waals surface area contributed by atoms with Crippen LogP contribution in [-0.4, -0.2) is 140 Å². The molecule has 684 valence electrons. The molecule has 4 aromatic heterocycles. The first-order valence-corrected chi connectivity index (χ1v) is 52.3. The van der Waals surface area contributed by atoms with Gasteiger partial charge in [-0.15, -0.1) is 45.3 Å². The molecule has 133 heavy (non-hydrogen) atoms. The lowest BCUT2D eigenvalue weighted by atomic mass is 9.96. The Balaban J connectivity index is 0.000000143. The number of hydrogen-bond donors (Lipinski definition) is 2. The van der Waals surface area contributed by atoms with Gasteiger partial charge in [0.05, 0.1) is 65.8 Å². The van der Waals surface area contributed by atoms with Crippen molar-refractivity contribution in [1.82, 2.24) is 0 Å². The SMILES string of the molecule is CCNc1ccc2c(c1)CC(=O)N(c1ccc(CC(=O)CS(=O)(=O)c3ccc(Cl)s3)cc1)C2=O.Cc1ccc2c(c1)CC(=O)N(c1ccc(CC(=O)CS(=O)(=O)c3ccc(Cl)s3)cc1)C2=O.Cc1ccc2c(c1)CC(=O)N(c1ccc(CC(=O)CS(=O)(=O)c3ccc(Cl)s3)cc1)C2=O.O=C(Cc1ccc(N2C(=O)Cc3cc(NC4CC4)ccc3C2=O)cc1)CS(=O)(=O)c1ccc(Cl)s1. The summed E-state index contributed by atoms with van der Waals surface area (Å²) in [6.45, 7) is 6.51. The molecule has 38 heteroatoms. The monoisotopic (exact) mass is 2020 g/mol. The number of amides is 8. The first-order valence-electron chi connectivity index (χ1n) is 40.9. The number of anilines is 6. The molecule has 1 fully saturated rings. The smallest absolute Gasteiger partial charge is 0.265 e. The summed E-state index contributed by atoms with van der Waals surface area (Å²) in [5.41, 5.74) is 12.5. The number of aryl methyl sites for hydroxylation is 2. The topological polar surface area (TPSA) is 378 Å². The van der Waals surface area contributed by atoms with Crippen molar-refractivity contribution >= 4 is 236 Å². The molecule has 8 amide bonds. The van der Waals surface area contributed by atoms with E-state index in [2.05, 4.69) is 10.6 Å². The van der Waals surface area contributed by atoms with Crippen molar-refractivity contribution in [2.45, 2.75) is 108 Å². The quantitative estimate of drug-likeness (QED) is 0.0430. The number of fused-ring (bicyclic) bond motifs is 4. The first-order chi connectivity index (χ1) is 63.1. The number of nitrogens with zero attached hydrogens (tertiary/aromatic N) is 4. The highest BCUT2D eigenvalue weighted by molar-refractivity contribution is 7.95. The number of carbonyl (C=O) groups is 12. The van der Waals surface area contributed by atoms with E-state index in [0.29, 0.717) is 113 Å². The summed E-state index contributed by atoms with van der Waals surface area (Å²) in [7, 11) is -15.0. The number of thiophene rings is 4. The lowest BCUT2D eigenvalue weighted by molar-refractivity contribution is -0.118. The fourth-order valence-electron chi connectivity index (χ4n) is 15.0. The third-order valence-corrected chi connectivity index (χ3v) is 35.3. The Hall–Kier alpha value is -11.6. The first kappa shape index (κ1) is 97.4. The van der Waals surface area contributed by atoms with Crippen molar-refractivity contribution in [2.75, 3.05) is 59.8 Å². The molecule has 26 nitrogen and oxygen atoms in total. The molecule has 5 aliphatic rings. The third-order valence-electron chi connectivity index (χ3n) is 21.4. The Morgan fingerprint density at radius 2 is 0.564 bits per heavy atom. The maximum atomic E-state index is 13.1. The molecule has 8 heterocycles. The van der Waals surface area contributed by atoms with Crippen LogP contribution in [0.5, 0.6) is 0 Å². The van der Waals surface area contributed by atoms with Crippen LogP contribution in [0.4, 0.5) is 34.1 Å². The van der Waals surface area contributed by atoms with E-state index in [1.54, 1.807) is 127 Å². The molecule has 8 aromatic carbocycles. The molecule has 1 saturated carbocycles. The van der Waals surface area contributed by atoms with Gasteiger partial charge in [0.2, 0.25) is 23.6 Å². The lowest BCUT2D eigenvalue weighted by Crippen LogP contribution is -2.42. The number of sulfone groups is 4. The molecule has 0 radical (unpaired) electrons. The van der Waals surface area contributed by atoms with Crippen LogP contribution < -0.4 is 30.2 Å². The second-order valence-corrected chi connectivity index (χ2v) is 47.4. The number of rotatable bonds is 28. The van der Waals surface area contributed by atoms with Crippen LogP contribution in [0.3, 0.4) is 0 Å². The van der Waals surface area contributed by atoms with Crippen LogP contribution in [0.1, 0.15) is 117 Å². The van der Waals surface area contributed by atoms with Crippen molar-refractivity contribution in [2.24, 2.45) is 0 Å². The zero-order valence-corrected chi connectivity index (χ0v) is 80.3. The van der Waals surface area contributed by atoms with E-state index in [4.69, 9.17) is 46.4 Å². The number of imide groups is 4. The number of Topliss-reactive ketones (excluding diaryl/α,β-unsaturated/α-hetero) is 4. The van der Waals surface area contributed by atoms with Crippen LogP contribution in [-0.2, 0) is 129 Å². The Morgan fingerprint density at radius 1 is 0.323 bits per heavy atom. The summed E-state index contributed by atoms with van der Waals surface area (Å²) in [4.78, 5) is 157. The molecular weight excluding hydrogens is 1940 g/mol. The molecule has 4 aliphatic heterocycles. The van der Waals surface area contributed by atoms with Gasteiger partial charge in [0, 0.05) is 71.9 Å². The Morgan fingerprint density at radius 3 is 0.805 bits per heavy atom. The Labute approximate surface area is 801 Å². The highest BCUT2D eigenvalue weighted by atomic mass is 35.5. The minimum Gasteiger partial charge on any atom is -0.385 e. The largest absolute Gasteiger partial charge is 0.385 e. The van der Waals surface area contributed by atoms with E-state index in [9.17, 15) is 91.2 Å². The summed E-state index contributed by atoms with van der Waals surface area (Å²) in [6, 6.07) is 59.2. The fourth-order valence-corrected chi connectivity index (χ4v) is 26.3. The zero-order valence-electron chi connectivity index (χ0n) is 70.7. The van der Waals surface area contributed by atoms with Crippen molar-refractivity contribution < 1.29 is 91.2 Å². The zero-order chi connectivity index (χ0) is 95.3. The molecular formula is C95H78Cl4N6O20S8. The average Bonchev–Trinajstić information content (AvgIpc) is 1.22. The maximum absolute atomic E-state index is 13.1. The van der Waals surface area contributed by atoms with E-state index in [1.165, 1.54) is 48.5 Å². The summed E-state index contributed by atoms with van der Waals surface area (Å²) >= 11 is 26.8. The predicted octanol–water partition coefficient (Wildman–Crippen LogP) is 16.5. The van der Waals surface area contributed by atoms with E-state index < -0.39 is 97.3 Å². The highest BCUT2D eigenvalue weighted by Gasteiger charge is 2.38. The van der Waals surface area contributed by atoms with Gasteiger partial charge in [-0.05, 0) is 224 Å². The number of benzene rings is 8.